The van der Waals surface area contributed by atoms with Gasteiger partial charge in [-0.05, 0) is 36.6 Å². The number of hydrogen-bond acceptors (Lipinski definition) is 4. The van der Waals surface area contributed by atoms with Gasteiger partial charge in [0, 0.05) is 18.8 Å². The van der Waals surface area contributed by atoms with Crippen molar-refractivity contribution in [1.82, 2.24) is 4.90 Å². The van der Waals surface area contributed by atoms with Crippen LogP contribution >= 0.6 is 0 Å². The molecule has 0 saturated carbocycles. The van der Waals surface area contributed by atoms with Crippen LogP contribution in [0.2, 0.25) is 0 Å². The second-order valence-corrected chi connectivity index (χ2v) is 7.84. The molecule has 5 nitrogen and oxygen atoms in total. The Hall–Kier alpha value is -1.40. The molecule has 1 aliphatic heterocycles. The van der Waals surface area contributed by atoms with Crippen LogP contribution in [0.3, 0.4) is 0 Å². The fourth-order valence-corrected chi connectivity index (χ4v) is 3.57. The van der Waals surface area contributed by atoms with Crippen molar-refractivity contribution in [3.8, 4) is 0 Å². The van der Waals surface area contributed by atoms with E-state index in [1.165, 1.54) is 0 Å². The van der Waals surface area contributed by atoms with Crippen LogP contribution < -0.4 is 0 Å². The number of fused-ring (bicyclic) bond motifs is 1. The van der Waals surface area contributed by atoms with Crippen LogP contribution in [0.15, 0.2) is 18.2 Å². The van der Waals surface area contributed by atoms with E-state index in [2.05, 4.69) is 4.90 Å². The number of nitrogens with zero attached hydrogens (tertiary/aromatic N) is 1. The zero-order valence-corrected chi connectivity index (χ0v) is 13.0. The highest BCUT2D eigenvalue weighted by molar-refractivity contribution is 7.91. The molecule has 0 atom stereocenters. The molecule has 1 aromatic carbocycles. The van der Waals surface area contributed by atoms with Gasteiger partial charge < -0.3 is 5.11 Å². The third-order valence-electron chi connectivity index (χ3n) is 3.94. The van der Waals surface area contributed by atoms with E-state index in [4.69, 9.17) is 0 Å². The molecular weight excluding hydrogens is 290 g/mol. The molecule has 0 aliphatic carbocycles. The number of benzene rings is 1. The summed E-state index contributed by atoms with van der Waals surface area (Å²) < 4.78 is 23.0. The normalized spacial score (nSPS) is 15.7. The van der Waals surface area contributed by atoms with Crippen molar-refractivity contribution in [2.45, 2.75) is 26.3 Å². The first-order chi connectivity index (χ1) is 9.93. The van der Waals surface area contributed by atoms with E-state index >= 15 is 0 Å². The SMILES string of the molecule is CCS(=O)(=O)CCCN1CCc2c(cccc2C(=O)O)C1. The zero-order valence-electron chi connectivity index (χ0n) is 12.2. The van der Waals surface area contributed by atoms with E-state index in [9.17, 15) is 18.3 Å². The fourth-order valence-electron chi connectivity index (χ4n) is 2.71. The number of carboxylic acids is 1. The van der Waals surface area contributed by atoms with Gasteiger partial charge in [0.25, 0.3) is 0 Å². The lowest BCUT2D eigenvalue weighted by Gasteiger charge is -2.29. The van der Waals surface area contributed by atoms with Crippen LogP contribution in [0.1, 0.15) is 34.8 Å². The lowest BCUT2D eigenvalue weighted by molar-refractivity contribution is 0.0694. The Morgan fingerprint density at radius 1 is 1.38 bits per heavy atom. The molecule has 0 aromatic heterocycles. The summed E-state index contributed by atoms with van der Waals surface area (Å²) in [4.78, 5) is 13.4. The first kappa shape index (κ1) is 16.0. The van der Waals surface area contributed by atoms with Crippen LogP contribution in [-0.4, -0.2) is 49.0 Å². The van der Waals surface area contributed by atoms with Crippen LogP contribution in [-0.2, 0) is 22.8 Å². The molecule has 0 saturated heterocycles. The summed E-state index contributed by atoms with van der Waals surface area (Å²) in [5.74, 6) is -0.464. The minimum atomic E-state index is -2.90. The highest BCUT2D eigenvalue weighted by Crippen LogP contribution is 2.22. The molecule has 0 amide bonds. The average molecular weight is 311 g/mol. The molecule has 1 aromatic rings. The summed E-state index contributed by atoms with van der Waals surface area (Å²) in [6.07, 6.45) is 1.34. The van der Waals surface area contributed by atoms with Crippen molar-refractivity contribution in [2.75, 3.05) is 24.6 Å². The lowest BCUT2D eigenvalue weighted by atomic mass is 9.94. The maximum absolute atomic E-state index is 11.5. The van der Waals surface area contributed by atoms with E-state index in [1.54, 1.807) is 19.1 Å². The predicted molar refractivity (Wildman–Crippen MR) is 81.3 cm³/mol. The van der Waals surface area contributed by atoms with Gasteiger partial charge in [0.1, 0.15) is 9.84 Å². The highest BCUT2D eigenvalue weighted by atomic mass is 32.2. The van der Waals surface area contributed by atoms with Crippen LogP contribution in [0.5, 0.6) is 0 Å². The first-order valence-electron chi connectivity index (χ1n) is 7.20. The number of rotatable bonds is 6. The number of sulfone groups is 1. The first-order valence-corrected chi connectivity index (χ1v) is 9.02. The van der Waals surface area contributed by atoms with Crippen molar-refractivity contribution < 1.29 is 18.3 Å². The molecule has 0 spiro atoms. The molecule has 1 aliphatic rings. The van der Waals surface area contributed by atoms with Gasteiger partial charge in [-0.15, -0.1) is 0 Å². The van der Waals surface area contributed by atoms with Crippen LogP contribution in [0, 0.1) is 0 Å². The molecule has 116 valence electrons. The Balaban J connectivity index is 1.97. The van der Waals surface area contributed by atoms with E-state index in [0.717, 1.165) is 24.2 Å². The highest BCUT2D eigenvalue weighted by Gasteiger charge is 2.21. The smallest absolute Gasteiger partial charge is 0.335 e. The minimum absolute atomic E-state index is 0.192. The molecule has 0 bridgehead atoms. The second kappa shape index (κ2) is 6.58. The van der Waals surface area contributed by atoms with E-state index in [1.807, 2.05) is 6.07 Å². The topological polar surface area (TPSA) is 74.7 Å². The van der Waals surface area contributed by atoms with Crippen molar-refractivity contribution in [1.29, 1.82) is 0 Å². The summed E-state index contributed by atoms with van der Waals surface area (Å²) in [6, 6.07) is 5.37. The number of carboxylic acid groups (broad SMARTS) is 1. The van der Waals surface area contributed by atoms with Gasteiger partial charge in [0.15, 0.2) is 0 Å². The summed E-state index contributed by atoms with van der Waals surface area (Å²) in [6.45, 7) is 3.88. The minimum Gasteiger partial charge on any atom is -0.478 e. The van der Waals surface area contributed by atoms with Gasteiger partial charge in [-0.1, -0.05) is 19.1 Å². The van der Waals surface area contributed by atoms with Gasteiger partial charge in [-0.3, -0.25) is 4.90 Å². The fraction of sp³-hybridized carbons (Fsp3) is 0.533. The van der Waals surface area contributed by atoms with E-state index in [0.29, 0.717) is 24.9 Å². The van der Waals surface area contributed by atoms with Crippen molar-refractivity contribution in [3.63, 3.8) is 0 Å². The molecule has 0 fully saturated rings. The zero-order chi connectivity index (χ0) is 15.5. The number of hydrogen-bond donors (Lipinski definition) is 1. The Kier molecular flexibility index (Phi) is 5.00. The van der Waals surface area contributed by atoms with Crippen LogP contribution in [0.25, 0.3) is 0 Å². The predicted octanol–water partition coefficient (Wildman–Crippen LogP) is 1.57. The number of carbonyl (C=O) groups is 1. The van der Waals surface area contributed by atoms with E-state index < -0.39 is 15.8 Å². The van der Waals surface area contributed by atoms with Crippen molar-refractivity contribution in [2.24, 2.45) is 0 Å². The summed E-state index contributed by atoms with van der Waals surface area (Å²) in [5.41, 5.74) is 2.35. The van der Waals surface area contributed by atoms with Crippen molar-refractivity contribution >= 4 is 15.8 Å². The lowest BCUT2D eigenvalue weighted by Crippen LogP contribution is -2.33. The van der Waals surface area contributed by atoms with Gasteiger partial charge in [0.2, 0.25) is 0 Å². The van der Waals surface area contributed by atoms with Gasteiger partial charge in [0.05, 0.1) is 11.3 Å². The number of aromatic carboxylic acids is 1. The maximum atomic E-state index is 11.5. The molecule has 1 heterocycles. The van der Waals surface area contributed by atoms with Crippen LogP contribution in [0.4, 0.5) is 0 Å². The third-order valence-corrected chi connectivity index (χ3v) is 5.74. The summed E-state index contributed by atoms with van der Waals surface area (Å²) in [7, 11) is -2.90. The molecule has 6 heteroatoms. The molecule has 0 radical (unpaired) electrons. The van der Waals surface area contributed by atoms with Crippen molar-refractivity contribution in [3.05, 3.63) is 34.9 Å². The Morgan fingerprint density at radius 3 is 2.81 bits per heavy atom. The Morgan fingerprint density at radius 2 is 2.14 bits per heavy atom. The summed E-state index contributed by atoms with van der Waals surface area (Å²) >= 11 is 0. The van der Waals surface area contributed by atoms with E-state index in [-0.39, 0.29) is 11.5 Å². The molecule has 0 unspecified atom stereocenters. The Labute approximate surface area is 125 Å². The second-order valence-electron chi connectivity index (χ2n) is 5.36. The largest absolute Gasteiger partial charge is 0.478 e. The monoisotopic (exact) mass is 311 g/mol. The molecule has 1 N–H and O–H groups in total. The quantitative estimate of drug-likeness (QED) is 0.863. The third kappa shape index (κ3) is 4.04. The van der Waals surface area contributed by atoms with Gasteiger partial charge in [-0.25, -0.2) is 13.2 Å². The standard InChI is InChI=1S/C15H21NO4S/c1-2-21(19,20)10-4-8-16-9-7-13-12(11-16)5-3-6-14(13)15(17)18/h3,5-6H,2,4,7-11H2,1H3,(H,17,18). The Bertz CT molecular complexity index is 625. The molecule has 21 heavy (non-hydrogen) atoms. The summed E-state index contributed by atoms with van der Waals surface area (Å²) in [5, 5.41) is 9.18. The molecule has 2 rings (SSSR count). The molecular formula is C15H21NO4S. The van der Waals surface area contributed by atoms with Gasteiger partial charge in [-0.2, -0.15) is 0 Å². The average Bonchev–Trinajstić information content (AvgIpc) is 2.46. The van der Waals surface area contributed by atoms with Gasteiger partial charge >= 0.3 is 5.97 Å². The maximum Gasteiger partial charge on any atom is 0.335 e.